The minimum atomic E-state index is -4.56. The fourth-order valence-electron chi connectivity index (χ4n) is 4.66. The number of benzene rings is 1. The molecule has 4 heterocycles. The van der Waals surface area contributed by atoms with Gasteiger partial charge in [0, 0.05) is 30.1 Å². The first-order valence-electron chi connectivity index (χ1n) is 12.4. The number of piperidine rings is 1. The molecule has 1 unspecified atom stereocenters. The van der Waals surface area contributed by atoms with E-state index in [-0.39, 0.29) is 43.0 Å². The summed E-state index contributed by atoms with van der Waals surface area (Å²) in [5.74, 6) is 0.0581. The second-order valence-electron chi connectivity index (χ2n) is 9.76. The smallest absolute Gasteiger partial charge is 0.383 e. The number of alkyl halides is 3. The molecule has 0 aliphatic carbocycles. The molecule has 2 aliphatic heterocycles. The molecule has 15 heteroatoms. The van der Waals surface area contributed by atoms with E-state index >= 15 is 0 Å². The molecule has 5 rings (SSSR count). The van der Waals surface area contributed by atoms with Crippen molar-refractivity contribution in [1.82, 2.24) is 19.7 Å². The first-order valence-corrected chi connectivity index (χ1v) is 15.1. The van der Waals surface area contributed by atoms with Crippen LogP contribution in [0.25, 0.3) is 0 Å². The fraction of sp³-hybridized carbons (Fsp3) is 0.480. The van der Waals surface area contributed by atoms with Crippen molar-refractivity contribution in [3.63, 3.8) is 0 Å². The molecule has 1 fully saturated rings. The number of halogens is 3. The monoisotopic (exact) mass is 600 g/mol. The maximum atomic E-state index is 12.9. The van der Waals surface area contributed by atoms with Gasteiger partial charge in [-0.1, -0.05) is 6.07 Å². The first-order chi connectivity index (χ1) is 18.9. The number of aryl methyl sites for hydroxylation is 1. The van der Waals surface area contributed by atoms with Crippen molar-refractivity contribution in [3.05, 3.63) is 62.9 Å². The minimum Gasteiger partial charge on any atom is -0.383 e. The summed E-state index contributed by atoms with van der Waals surface area (Å²) in [7, 11) is -3.65. The number of carbonyl (C=O) groups is 1. The third-order valence-electron chi connectivity index (χ3n) is 6.74. The Morgan fingerprint density at radius 1 is 1.15 bits per heavy atom. The molecule has 2 aromatic heterocycles. The second-order valence-corrected chi connectivity index (χ2v) is 12.2. The van der Waals surface area contributed by atoms with Gasteiger partial charge < -0.3 is 18.6 Å². The van der Waals surface area contributed by atoms with Gasteiger partial charge in [0.15, 0.2) is 5.69 Å². The lowest BCUT2D eigenvalue weighted by Gasteiger charge is -2.31. The van der Waals surface area contributed by atoms with E-state index in [1.54, 1.807) is 23.1 Å². The minimum absolute atomic E-state index is 0.129. The predicted octanol–water partition coefficient (Wildman–Crippen LogP) is 4.16. The Labute approximate surface area is 232 Å². The third kappa shape index (κ3) is 6.65. The van der Waals surface area contributed by atoms with Gasteiger partial charge in [0.05, 0.1) is 24.5 Å². The van der Waals surface area contributed by atoms with Gasteiger partial charge in [-0.05, 0) is 49.1 Å². The standard InChI is InChI=1S/C25H27F3N4O6S2/c1-15-9-21(25(26,27)28)30-32(15)11-22(33)31-7-5-16(6-8-31)23-29-20(14-39-23)24-36-12-17-3-4-19(38-40(2,34)35)10-18(17)13-37-24/h3-4,9-10,14,16,24H,5-8,11-13H2,1-2H3. The Hall–Kier alpha value is -3.01. The highest BCUT2D eigenvalue weighted by molar-refractivity contribution is 7.86. The molecule has 0 saturated carbocycles. The third-order valence-corrected chi connectivity index (χ3v) is 8.26. The number of likely N-dealkylation sites (tertiary alicyclic amines) is 1. The highest BCUT2D eigenvalue weighted by Crippen LogP contribution is 2.35. The Balaban J connectivity index is 1.15. The zero-order chi connectivity index (χ0) is 28.7. The van der Waals surface area contributed by atoms with Crippen LogP contribution < -0.4 is 4.18 Å². The normalized spacial score (nSPS) is 18.8. The number of aromatic nitrogens is 3. The van der Waals surface area contributed by atoms with Crippen LogP contribution in [0.15, 0.2) is 29.6 Å². The summed E-state index contributed by atoms with van der Waals surface area (Å²) in [4.78, 5) is 19.1. The number of amides is 1. The molecule has 1 saturated heterocycles. The lowest BCUT2D eigenvalue weighted by molar-refractivity contribution is -0.155. The van der Waals surface area contributed by atoms with Crippen LogP contribution in [-0.4, -0.2) is 53.3 Å². The molecule has 1 aromatic carbocycles. The summed E-state index contributed by atoms with van der Waals surface area (Å²) < 4.78 is 79.6. The first kappa shape index (κ1) is 28.5. The number of ether oxygens (including phenoxy) is 2. The topological polar surface area (TPSA) is 113 Å². The van der Waals surface area contributed by atoms with Crippen LogP contribution in [0.4, 0.5) is 13.2 Å². The predicted molar refractivity (Wildman–Crippen MR) is 137 cm³/mol. The number of fused-ring (bicyclic) bond motifs is 1. The van der Waals surface area contributed by atoms with Gasteiger partial charge in [-0.15, -0.1) is 11.3 Å². The molecule has 0 N–H and O–H groups in total. The van der Waals surface area contributed by atoms with E-state index in [2.05, 4.69) is 5.10 Å². The van der Waals surface area contributed by atoms with E-state index in [1.165, 1.54) is 18.3 Å². The number of carbonyl (C=O) groups excluding carboxylic acids is 1. The van der Waals surface area contributed by atoms with Gasteiger partial charge in [0.1, 0.15) is 18.0 Å². The number of hydrogen-bond acceptors (Lipinski definition) is 9. The molecule has 1 atom stereocenters. The van der Waals surface area contributed by atoms with Crippen molar-refractivity contribution in [1.29, 1.82) is 0 Å². The summed E-state index contributed by atoms with van der Waals surface area (Å²) >= 11 is 1.49. The molecule has 3 aromatic rings. The second kappa shape index (κ2) is 11.1. The van der Waals surface area contributed by atoms with Crippen molar-refractivity contribution in [2.45, 2.75) is 57.9 Å². The van der Waals surface area contributed by atoms with Gasteiger partial charge in [-0.2, -0.15) is 26.7 Å². The average molecular weight is 601 g/mol. The van der Waals surface area contributed by atoms with E-state index in [0.717, 1.165) is 33.1 Å². The Morgan fingerprint density at radius 3 is 2.50 bits per heavy atom. The van der Waals surface area contributed by atoms with Gasteiger partial charge in [-0.3, -0.25) is 9.48 Å². The highest BCUT2D eigenvalue weighted by atomic mass is 32.2. The van der Waals surface area contributed by atoms with Crippen molar-refractivity contribution >= 4 is 27.4 Å². The molecular weight excluding hydrogens is 573 g/mol. The zero-order valence-electron chi connectivity index (χ0n) is 21.7. The fourth-order valence-corrected chi connectivity index (χ4v) is 6.11. The molecule has 40 heavy (non-hydrogen) atoms. The van der Waals surface area contributed by atoms with Crippen LogP contribution in [0.1, 0.15) is 58.3 Å². The van der Waals surface area contributed by atoms with Crippen LogP contribution in [0.5, 0.6) is 5.75 Å². The van der Waals surface area contributed by atoms with Gasteiger partial charge >= 0.3 is 16.3 Å². The van der Waals surface area contributed by atoms with Crippen LogP contribution in [0, 0.1) is 6.92 Å². The van der Waals surface area contributed by atoms with Crippen molar-refractivity contribution in [2.24, 2.45) is 0 Å². The molecule has 10 nitrogen and oxygen atoms in total. The number of thiazole rings is 1. The van der Waals surface area contributed by atoms with Crippen LogP contribution >= 0.6 is 11.3 Å². The van der Waals surface area contributed by atoms with Gasteiger partial charge in [-0.25, -0.2) is 4.98 Å². The largest absolute Gasteiger partial charge is 0.435 e. The van der Waals surface area contributed by atoms with Crippen molar-refractivity contribution < 1.29 is 40.0 Å². The molecule has 216 valence electrons. The van der Waals surface area contributed by atoms with E-state index < -0.39 is 28.3 Å². The van der Waals surface area contributed by atoms with Crippen molar-refractivity contribution in [2.75, 3.05) is 19.3 Å². The number of nitrogens with zero attached hydrogens (tertiary/aromatic N) is 4. The summed E-state index contributed by atoms with van der Waals surface area (Å²) in [6, 6.07) is 5.86. The maximum Gasteiger partial charge on any atom is 0.435 e. The molecular formula is C25H27F3N4O6S2. The van der Waals surface area contributed by atoms with Gasteiger partial charge in [0.2, 0.25) is 12.2 Å². The van der Waals surface area contributed by atoms with E-state index in [1.807, 2.05) is 5.38 Å². The van der Waals surface area contributed by atoms with E-state index in [4.69, 9.17) is 18.6 Å². The van der Waals surface area contributed by atoms with Crippen molar-refractivity contribution in [3.8, 4) is 5.75 Å². The van der Waals surface area contributed by atoms with Gasteiger partial charge in [0.25, 0.3) is 0 Å². The maximum absolute atomic E-state index is 12.9. The Morgan fingerprint density at radius 2 is 1.85 bits per heavy atom. The zero-order valence-corrected chi connectivity index (χ0v) is 23.3. The molecule has 2 aliphatic rings. The van der Waals surface area contributed by atoms with Crippen LogP contribution in [0.2, 0.25) is 0 Å². The number of rotatable bonds is 6. The quantitative estimate of drug-likeness (QED) is 0.388. The lowest BCUT2D eigenvalue weighted by atomic mass is 9.97. The highest BCUT2D eigenvalue weighted by Gasteiger charge is 2.35. The lowest BCUT2D eigenvalue weighted by Crippen LogP contribution is -2.40. The summed E-state index contributed by atoms with van der Waals surface area (Å²) in [5, 5.41) is 6.33. The summed E-state index contributed by atoms with van der Waals surface area (Å²) in [6.07, 6.45) is -2.93. The van der Waals surface area contributed by atoms with Crippen LogP contribution in [-0.2, 0) is 50.3 Å². The summed E-state index contributed by atoms with van der Waals surface area (Å²) in [5.41, 5.74) is 1.52. The average Bonchev–Trinajstić information content (AvgIpc) is 3.45. The Kier molecular flexibility index (Phi) is 7.92. The molecule has 0 radical (unpaired) electrons. The molecule has 0 bridgehead atoms. The van der Waals surface area contributed by atoms with Crippen LogP contribution in [0.3, 0.4) is 0 Å². The molecule has 0 spiro atoms. The van der Waals surface area contributed by atoms with E-state index in [9.17, 15) is 26.4 Å². The number of hydrogen-bond donors (Lipinski definition) is 0. The molecule has 1 amide bonds. The Bertz CT molecular complexity index is 1500. The summed E-state index contributed by atoms with van der Waals surface area (Å²) in [6.45, 7) is 2.63. The SMILES string of the molecule is Cc1cc(C(F)(F)F)nn1CC(=O)N1CCC(c2nc(C3OCc4ccc(OS(C)(=O)=O)cc4CO3)cs2)CC1. The van der Waals surface area contributed by atoms with E-state index in [0.29, 0.717) is 31.6 Å².